The van der Waals surface area contributed by atoms with Gasteiger partial charge in [0.25, 0.3) is 7.82 Å². The standard InChI is InChI=1S/C10H20NO6P/c1-5-15-10(12)6-8-16-18(13,14)17-9-7-11(2,3)4/h5H,1,6-9H2,2-4H3. The maximum absolute atomic E-state index is 11.3. The van der Waals surface area contributed by atoms with Gasteiger partial charge in [-0.1, -0.05) is 6.58 Å². The summed E-state index contributed by atoms with van der Waals surface area (Å²) in [5.74, 6) is -0.614. The van der Waals surface area contributed by atoms with Crippen molar-refractivity contribution >= 4 is 13.8 Å². The first-order chi connectivity index (χ1) is 8.16. The van der Waals surface area contributed by atoms with Crippen LogP contribution in [-0.2, 0) is 23.1 Å². The Balaban J connectivity index is 3.83. The highest BCUT2D eigenvalue weighted by atomic mass is 31.2. The summed E-state index contributed by atoms with van der Waals surface area (Å²) in [4.78, 5) is 22.1. The summed E-state index contributed by atoms with van der Waals surface area (Å²) in [7, 11) is 1.38. The molecule has 1 unspecified atom stereocenters. The van der Waals surface area contributed by atoms with E-state index in [0.717, 1.165) is 6.26 Å². The molecule has 0 aromatic rings. The van der Waals surface area contributed by atoms with Gasteiger partial charge in [-0.05, 0) is 0 Å². The van der Waals surface area contributed by atoms with Crippen molar-refractivity contribution in [1.29, 1.82) is 0 Å². The van der Waals surface area contributed by atoms with Crippen LogP contribution in [0.3, 0.4) is 0 Å². The summed E-state index contributed by atoms with van der Waals surface area (Å²) in [6, 6.07) is 0. The van der Waals surface area contributed by atoms with Crippen LogP contribution < -0.4 is 4.89 Å². The van der Waals surface area contributed by atoms with Gasteiger partial charge in [-0.2, -0.15) is 0 Å². The van der Waals surface area contributed by atoms with E-state index in [1.807, 2.05) is 21.1 Å². The third-order valence-electron chi connectivity index (χ3n) is 1.78. The van der Waals surface area contributed by atoms with Crippen LogP contribution >= 0.6 is 7.82 Å². The first kappa shape index (κ1) is 17.3. The van der Waals surface area contributed by atoms with E-state index in [1.165, 1.54) is 0 Å². The molecular weight excluding hydrogens is 261 g/mol. The highest BCUT2D eigenvalue weighted by molar-refractivity contribution is 7.45. The molecule has 1 atom stereocenters. The molecule has 0 radical (unpaired) electrons. The van der Waals surface area contributed by atoms with E-state index in [0.29, 0.717) is 11.0 Å². The average molecular weight is 281 g/mol. The molecule has 18 heavy (non-hydrogen) atoms. The highest BCUT2D eigenvalue weighted by Crippen LogP contribution is 2.38. The van der Waals surface area contributed by atoms with Gasteiger partial charge in [0, 0.05) is 0 Å². The van der Waals surface area contributed by atoms with E-state index in [1.54, 1.807) is 0 Å². The van der Waals surface area contributed by atoms with E-state index in [2.05, 4.69) is 20.4 Å². The molecule has 0 aliphatic heterocycles. The summed E-state index contributed by atoms with van der Waals surface area (Å²) < 4.78 is 25.4. The molecule has 0 aromatic carbocycles. The predicted octanol–water partition coefficient (Wildman–Crippen LogP) is 0.271. The SMILES string of the molecule is C=COC(=O)CCOP(=O)([O-])OCC[N+](C)(C)C. The molecule has 0 fully saturated rings. The predicted molar refractivity (Wildman–Crippen MR) is 63.3 cm³/mol. The van der Waals surface area contributed by atoms with Gasteiger partial charge in [0.15, 0.2) is 0 Å². The fourth-order valence-corrected chi connectivity index (χ4v) is 1.55. The second-order valence-corrected chi connectivity index (χ2v) is 5.94. The summed E-state index contributed by atoms with van der Waals surface area (Å²) in [5, 5.41) is 0. The van der Waals surface area contributed by atoms with Crippen LogP contribution in [0, 0.1) is 0 Å². The third-order valence-corrected chi connectivity index (χ3v) is 2.78. The van der Waals surface area contributed by atoms with E-state index in [-0.39, 0.29) is 19.6 Å². The molecule has 0 bridgehead atoms. The number of rotatable bonds is 9. The third kappa shape index (κ3) is 10.4. The number of ether oxygens (including phenoxy) is 1. The molecule has 8 heteroatoms. The van der Waals surface area contributed by atoms with Crippen LogP contribution in [0.25, 0.3) is 0 Å². The van der Waals surface area contributed by atoms with Gasteiger partial charge < -0.3 is 23.2 Å². The molecule has 0 rings (SSSR count). The molecule has 0 amide bonds. The Bertz CT molecular complexity index is 325. The second kappa shape index (κ2) is 7.66. The molecule has 0 saturated heterocycles. The molecule has 0 saturated carbocycles. The van der Waals surface area contributed by atoms with Crippen LogP contribution in [0.15, 0.2) is 12.8 Å². The molecule has 0 heterocycles. The van der Waals surface area contributed by atoms with Crippen molar-refractivity contribution in [3.63, 3.8) is 0 Å². The molecule has 7 nitrogen and oxygen atoms in total. The number of phosphoric ester groups is 1. The zero-order valence-electron chi connectivity index (χ0n) is 11.0. The van der Waals surface area contributed by atoms with Crippen molar-refractivity contribution in [3.8, 4) is 0 Å². The lowest BCUT2D eigenvalue weighted by Crippen LogP contribution is -2.37. The first-order valence-corrected chi connectivity index (χ1v) is 6.83. The average Bonchev–Trinajstić information content (AvgIpc) is 2.14. The Morgan fingerprint density at radius 3 is 2.39 bits per heavy atom. The quantitative estimate of drug-likeness (QED) is 0.261. The molecule has 0 N–H and O–H groups in total. The Hall–Kier alpha value is -0.720. The number of hydrogen-bond acceptors (Lipinski definition) is 6. The normalized spacial score (nSPS) is 14.9. The maximum atomic E-state index is 11.3. The van der Waals surface area contributed by atoms with Gasteiger partial charge in [0.1, 0.15) is 13.2 Å². The first-order valence-electron chi connectivity index (χ1n) is 5.37. The van der Waals surface area contributed by atoms with E-state index < -0.39 is 13.8 Å². The molecule has 0 aliphatic carbocycles. The Labute approximate surface area is 107 Å². The molecule has 0 aromatic heterocycles. The van der Waals surface area contributed by atoms with Crippen molar-refractivity contribution in [3.05, 3.63) is 12.8 Å². The second-order valence-electron chi connectivity index (χ2n) is 4.53. The Morgan fingerprint density at radius 1 is 1.33 bits per heavy atom. The Morgan fingerprint density at radius 2 is 1.89 bits per heavy atom. The van der Waals surface area contributed by atoms with Crippen LogP contribution in [0.4, 0.5) is 0 Å². The van der Waals surface area contributed by atoms with Gasteiger partial charge in [-0.3, -0.25) is 9.36 Å². The van der Waals surface area contributed by atoms with Crippen molar-refractivity contribution in [2.45, 2.75) is 6.42 Å². The Kier molecular flexibility index (Phi) is 7.35. The van der Waals surface area contributed by atoms with Crippen LogP contribution in [0.2, 0.25) is 0 Å². The van der Waals surface area contributed by atoms with Crippen molar-refractivity contribution in [2.24, 2.45) is 0 Å². The lowest BCUT2D eigenvalue weighted by atomic mass is 10.5. The molecule has 0 aliphatic rings. The van der Waals surface area contributed by atoms with Crippen molar-refractivity contribution in [2.75, 3.05) is 40.9 Å². The van der Waals surface area contributed by atoms with Crippen LogP contribution in [0.1, 0.15) is 6.42 Å². The van der Waals surface area contributed by atoms with Gasteiger partial charge in [0.2, 0.25) is 0 Å². The monoisotopic (exact) mass is 281 g/mol. The maximum Gasteiger partial charge on any atom is 0.312 e. The lowest BCUT2D eigenvalue weighted by molar-refractivity contribution is -0.870. The number of hydrogen-bond donors (Lipinski definition) is 0. The summed E-state index contributed by atoms with van der Waals surface area (Å²) in [6.07, 6.45) is 0.786. The zero-order chi connectivity index (χ0) is 14.2. The fraction of sp³-hybridized carbons (Fsp3) is 0.700. The van der Waals surface area contributed by atoms with Gasteiger partial charge in [-0.25, -0.2) is 0 Å². The molecule has 106 valence electrons. The highest BCUT2D eigenvalue weighted by Gasteiger charge is 2.14. The van der Waals surface area contributed by atoms with Gasteiger partial charge >= 0.3 is 5.97 Å². The number of carbonyl (C=O) groups is 1. The smallest absolute Gasteiger partial charge is 0.312 e. The summed E-state index contributed by atoms with van der Waals surface area (Å²) in [6.45, 7) is 3.44. The summed E-state index contributed by atoms with van der Waals surface area (Å²) in [5.41, 5.74) is 0. The van der Waals surface area contributed by atoms with Crippen molar-refractivity contribution in [1.82, 2.24) is 0 Å². The molecular formula is C10H20NO6P. The van der Waals surface area contributed by atoms with Crippen LogP contribution in [-0.4, -0.2) is 51.4 Å². The van der Waals surface area contributed by atoms with Crippen molar-refractivity contribution < 1.29 is 32.5 Å². The van der Waals surface area contributed by atoms with Gasteiger partial charge in [-0.15, -0.1) is 0 Å². The number of carbonyl (C=O) groups excluding carboxylic acids is 1. The largest absolute Gasteiger partial charge is 0.756 e. The topological polar surface area (TPSA) is 84.9 Å². The van der Waals surface area contributed by atoms with Gasteiger partial charge in [0.05, 0.1) is 40.4 Å². The number of phosphoric acid groups is 1. The minimum Gasteiger partial charge on any atom is -0.756 e. The number of esters is 1. The van der Waals surface area contributed by atoms with E-state index in [4.69, 9.17) is 0 Å². The minimum atomic E-state index is -4.35. The molecule has 0 spiro atoms. The number of likely N-dealkylation sites (N-methyl/N-ethyl adjacent to an activating group) is 1. The van der Waals surface area contributed by atoms with E-state index >= 15 is 0 Å². The minimum absolute atomic E-state index is 0.0291. The van der Waals surface area contributed by atoms with E-state index in [9.17, 15) is 14.3 Å². The zero-order valence-corrected chi connectivity index (χ0v) is 11.9. The van der Waals surface area contributed by atoms with Crippen LogP contribution in [0.5, 0.6) is 0 Å². The number of nitrogens with zero attached hydrogens (tertiary/aromatic N) is 1. The number of quaternary nitrogens is 1. The summed E-state index contributed by atoms with van der Waals surface area (Å²) >= 11 is 0. The fourth-order valence-electron chi connectivity index (χ4n) is 0.856. The lowest BCUT2D eigenvalue weighted by Gasteiger charge is -2.27.